The Morgan fingerprint density at radius 3 is 1.85 bits per heavy atom. The second kappa shape index (κ2) is 5.58. The van der Waals surface area contributed by atoms with E-state index >= 15 is 0 Å². The number of hydrogen-bond donors (Lipinski definition) is 2. The molecule has 3 heteroatoms. The Balaban J connectivity index is 0. The Morgan fingerprint density at radius 2 is 1.62 bits per heavy atom. The molecule has 0 aromatic rings. The Labute approximate surface area is 82.1 Å². The van der Waals surface area contributed by atoms with Gasteiger partial charge in [0.1, 0.15) is 0 Å². The van der Waals surface area contributed by atoms with Gasteiger partial charge in [0.2, 0.25) is 0 Å². The summed E-state index contributed by atoms with van der Waals surface area (Å²) in [5.74, 6) is 0. The second-order valence-corrected chi connectivity index (χ2v) is 3.97. The molecule has 1 atom stereocenters. The lowest BCUT2D eigenvalue weighted by atomic mass is 9.83. The highest BCUT2D eigenvalue weighted by Crippen LogP contribution is 2.30. The predicted molar refractivity (Wildman–Crippen MR) is 56.3 cm³/mol. The van der Waals surface area contributed by atoms with Crippen molar-refractivity contribution in [3.8, 4) is 0 Å². The van der Waals surface area contributed by atoms with Crippen LogP contribution in [0.4, 0.5) is 0 Å². The van der Waals surface area contributed by atoms with E-state index in [9.17, 15) is 5.11 Å². The minimum atomic E-state index is -0.765. The van der Waals surface area contributed by atoms with Crippen molar-refractivity contribution in [2.75, 3.05) is 6.61 Å². The Hall–Kier alpha value is -0.120. The first kappa shape index (κ1) is 15.4. The van der Waals surface area contributed by atoms with Gasteiger partial charge in [-0.05, 0) is 34.1 Å². The molecule has 0 aliphatic carbocycles. The van der Waals surface area contributed by atoms with Crippen LogP contribution in [0.1, 0.15) is 47.5 Å². The molecule has 0 spiro atoms. The third kappa shape index (κ3) is 4.07. The highest BCUT2D eigenvalue weighted by Gasteiger charge is 2.39. The summed E-state index contributed by atoms with van der Waals surface area (Å²) in [6, 6.07) is 0. The van der Waals surface area contributed by atoms with E-state index in [4.69, 9.17) is 4.74 Å². The van der Waals surface area contributed by atoms with Crippen LogP contribution in [0.5, 0.6) is 0 Å². The standard InChI is InChI=1S/C10H22O2.H3N/c1-6-8-10(5,12-7-2)9(3,4)11;/h11H,6-8H2,1-5H3;1H3. The summed E-state index contributed by atoms with van der Waals surface area (Å²) in [6.07, 6.45) is 1.92. The summed E-state index contributed by atoms with van der Waals surface area (Å²) in [5.41, 5.74) is -1.17. The lowest BCUT2D eigenvalue weighted by Gasteiger charge is -2.40. The van der Waals surface area contributed by atoms with Gasteiger partial charge in [0, 0.05) is 6.61 Å². The van der Waals surface area contributed by atoms with Crippen LogP contribution in [-0.2, 0) is 4.74 Å². The van der Waals surface area contributed by atoms with Gasteiger partial charge in [-0.15, -0.1) is 0 Å². The maximum Gasteiger partial charge on any atom is 0.0934 e. The van der Waals surface area contributed by atoms with E-state index in [2.05, 4.69) is 6.92 Å². The van der Waals surface area contributed by atoms with Gasteiger partial charge in [-0.1, -0.05) is 13.3 Å². The first-order valence-corrected chi connectivity index (χ1v) is 4.73. The van der Waals surface area contributed by atoms with Crippen molar-refractivity contribution in [1.29, 1.82) is 0 Å². The zero-order valence-electron chi connectivity index (χ0n) is 9.68. The Morgan fingerprint density at radius 1 is 1.15 bits per heavy atom. The van der Waals surface area contributed by atoms with Crippen molar-refractivity contribution in [2.24, 2.45) is 0 Å². The normalized spacial score (nSPS) is 16.2. The largest absolute Gasteiger partial charge is 0.387 e. The van der Waals surface area contributed by atoms with Gasteiger partial charge in [0.15, 0.2) is 0 Å². The molecule has 4 N–H and O–H groups in total. The van der Waals surface area contributed by atoms with E-state index in [-0.39, 0.29) is 6.15 Å². The van der Waals surface area contributed by atoms with Gasteiger partial charge in [-0.3, -0.25) is 0 Å². The smallest absolute Gasteiger partial charge is 0.0934 e. The van der Waals surface area contributed by atoms with Crippen molar-refractivity contribution in [2.45, 2.75) is 58.7 Å². The number of ether oxygens (including phenoxy) is 1. The molecule has 0 aliphatic rings. The summed E-state index contributed by atoms with van der Waals surface area (Å²) in [4.78, 5) is 0. The van der Waals surface area contributed by atoms with Gasteiger partial charge in [-0.2, -0.15) is 0 Å². The lowest BCUT2D eigenvalue weighted by Crippen LogP contribution is -2.49. The average molecular weight is 191 g/mol. The highest BCUT2D eigenvalue weighted by atomic mass is 16.5. The summed E-state index contributed by atoms with van der Waals surface area (Å²) in [7, 11) is 0. The minimum absolute atomic E-state index is 0. The van der Waals surface area contributed by atoms with E-state index in [0.29, 0.717) is 6.61 Å². The SMILES string of the molecule is CCCC(C)(OCC)C(C)(C)O.N. The van der Waals surface area contributed by atoms with Gasteiger partial charge >= 0.3 is 0 Å². The fourth-order valence-electron chi connectivity index (χ4n) is 1.35. The molecule has 3 nitrogen and oxygen atoms in total. The molecular formula is C10H25NO2. The van der Waals surface area contributed by atoms with Crippen molar-refractivity contribution >= 4 is 0 Å². The Kier molecular flexibility index (Phi) is 6.59. The van der Waals surface area contributed by atoms with E-state index in [1.165, 1.54) is 0 Å². The summed E-state index contributed by atoms with van der Waals surface area (Å²) < 4.78 is 5.58. The molecule has 1 unspecified atom stereocenters. The average Bonchev–Trinajstić information content (AvgIpc) is 1.86. The molecule has 13 heavy (non-hydrogen) atoms. The molecule has 0 aromatic carbocycles. The maximum absolute atomic E-state index is 9.87. The summed E-state index contributed by atoms with van der Waals surface area (Å²) >= 11 is 0. The van der Waals surface area contributed by atoms with Crippen LogP contribution in [0.25, 0.3) is 0 Å². The minimum Gasteiger partial charge on any atom is -0.387 e. The van der Waals surface area contributed by atoms with Gasteiger partial charge in [0.05, 0.1) is 11.2 Å². The molecule has 0 aliphatic heterocycles. The molecule has 0 saturated carbocycles. The van der Waals surface area contributed by atoms with Crippen LogP contribution < -0.4 is 6.15 Å². The maximum atomic E-state index is 9.87. The molecule has 0 saturated heterocycles. The third-order valence-corrected chi connectivity index (χ3v) is 2.48. The van der Waals surface area contributed by atoms with E-state index in [1.54, 1.807) is 13.8 Å². The predicted octanol–water partition coefficient (Wildman–Crippen LogP) is 2.51. The molecule has 0 radical (unpaired) electrons. The zero-order valence-corrected chi connectivity index (χ0v) is 9.68. The number of aliphatic hydroxyl groups is 1. The lowest BCUT2D eigenvalue weighted by molar-refractivity contribution is -0.159. The van der Waals surface area contributed by atoms with Crippen molar-refractivity contribution in [1.82, 2.24) is 6.15 Å². The van der Waals surface area contributed by atoms with E-state index in [1.807, 2.05) is 13.8 Å². The molecule has 0 amide bonds. The Bertz CT molecular complexity index is 123. The first-order valence-electron chi connectivity index (χ1n) is 4.73. The molecule has 0 fully saturated rings. The first-order chi connectivity index (χ1) is 5.37. The van der Waals surface area contributed by atoms with Crippen molar-refractivity contribution < 1.29 is 9.84 Å². The molecular weight excluding hydrogens is 166 g/mol. The van der Waals surface area contributed by atoms with Crippen LogP contribution in [-0.4, -0.2) is 22.9 Å². The number of hydrogen-bond acceptors (Lipinski definition) is 3. The summed E-state index contributed by atoms with van der Waals surface area (Å²) in [6.45, 7) is 10.3. The third-order valence-electron chi connectivity index (χ3n) is 2.48. The molecule has 0 heterocycles. The second-order valence-electron chi connectivity index (χ2n) is 3.97. The topological polar surface area (TPSA) is 64.5 Å². The fourth-order valence-corrected chi connectivity index (χ4v) is 1.35. The molecule has 0 bridgehead atoms. The summed E-state index contributed by atoms with van der Waals surface area (Å²) in [5, 5.41) is 9.87. The quantitative estimate of drug-likeness (QED) is 0.701. The van der Waals surface area contributed by atoms with Gasteiger partial charge in [0.25, 0.3) is 0 Å². The zero-order chi connectivity index (χ0) is 9.83. The van der Waals surface area contributed by atoms with Crippen LogP contribution in [0.2, 0.25) is 0 Å². The number of rotatable bonds is 5. The van der Waals surface area contributed by atoms with Crippen molar-refractivity contribution in [3.63, 3.8) is 0 Å². The van der Waals surface area contributed by atoms with E-state index < -0.39 is 11.2 Å². The molecule has 82 valence electrons. The van der Waals surface area contributed by atoms with Crippen LogP contribution in [0.15, 0.2) is 0 Å². The highest BCUT2D eigenvalue weighted by molar-refractivity contribution is 4.91. The van der Waals surface area contributed by atoms with Gasteiger partial charge in [-0.25, -0.2) is 0 Å². The fraction of sp³-hybridized carbons (Fsp3) is 1.00. The van der Waals surface area contributed by atoms with E-state index in [0.717, 1.165) is 12.8 Å². The van der Waals surface area contributed by atoms with Crippen molar-refractivity contribution in [3.05, 3.63) is 0 Å². The van der Waals surface area contributed by atoms with Gasteiger partial charge < -0.3 is 16.0 Å². The molecule has 0 aromatic heterocycles. The monoisotopic (exact) mass is 191 g/mol. The van der Waals surface area contributed by atoms with Crippen LogP contribution in [0, 0.1) is 0 Å². The van der Waals surface area contributed by atoms with Crippen LogP contribution >= 0.6 is 0 Å². The molecule has 0 rings (SSSR count). The van der Waals surface area contributed by atoms with Crippen LogP contribution in [0.3, 0.4) is 0 Å².